The van der Waals surface area contributed by atoms with E-state index >= 15 is 0 Å². The van der Waals surface area contributed by atoms with E-state index in [2.05, 4.69) is 13.5 Å². The van der Waals surface area contributed by atoms with Crippen LogP contribution in [0, 0.1) is 5.92 Å². The van der Waals surface area contributed by atoms with Gasteiger partial charge in [0.05, 0.1) is 12.0 Å². The highest BCUT2D eigenvalue weighted by atomic mass is 16.7. The highest BCUT2D eigenvalue weighted by Gasteiger charge is 2.43. The molecule has 0 aromatic heterocycles. The van der Waals surface area contributed by atoms with E-state index in [1.165, 1.54) is 19.3 Å². The molecule has 0 aliphatic carbocycles. The third-order valence-corrected chi connectivity index (χ3v) is 5.06. The summed E-state index contributed by atoms with van der Waals surface area (Å²) in [5.74, 6) is 0.0526. The minimum atomic E-state index is -0.0904. The van der Waals surface area contributed by atoms with Crippen LogP contribution in [0.15, 0.2) is 12.7 Å². The van der Waals surface area contributed by atoms with Crippen LogP contribution in [0.3, 0.4) is 0 Å². The molecule has 0 N–H and O–H groups in total. The predicted molar refractivity (Wildman–Crippen MR) is 94.6 cm³/mol. The second-order valence-electron chi connectivity index (χ2n) is 7.09. The normalized spacial score (nSPS) is 28.0. The number of allylic oxidation sites excluding steroid dienone is 1. The van der Waals surface area contributed by atoms with Gasteiger partial charge in [0.1, 0.15) is 6.10 Å². The zero-order chi connectivity index (χ0) is 17.2. The molecule has 2 aliphatic heterocycles. The molecule has 3 unspecified atom stereocenters. The van der Waals surface area contributed by atoms with Crippen LogP contribution in [0.1, 0.15) is 77.6 Å². The predicted octanol–water partition coefficient (Wildman–Crippen LogP) is 4.77. The summed E-state index contributed by atoms with van der Waals surface area (Å²) in [5, 5.41) is 0. The highest BCUT2D eigenvalue weighted by Crippen LogP contribution is 2.33. The van der Waals surface area contributed by atoms with Gasteiger partial charge in [-0.3, -0.25) is 4.79 Å². The minimum absolute atomic E-state index is 0.0205. The monoisotopic (exact) mass is 338 g/mol. The van der Waals surface area contributed by atoms with Crippen molar-refractivity contribution in [3.63, 3.8) is 0 Å². The van der Waals surface area contributed by atoms with Gasteiger partial charge in [-0.1, -0.05) is 38.7 Å². The van der Waals surface area contributed by atoms with E-state index in [0.29, 0.717) is 0 Å². The topological polar surface area (TPSA) is 44.8 Å². The molecule has 2 aliphatic rings. The fourth-order valence-electron chi connectivity index (χ4n) is 3.54. The molecule has 0 bridgehead atoms. The van der Waals surface area contributed by atoms with Gasteiger partial charge in [0, 0.05) is 13.0 Å². The molecule has 0 aromatic carbocycles. The summed E-state index contributed by atoms with van der Waals surface area (Å²) in [4.78, 5) is 11.8. The fraction of sp³-hybridized carbons (Fsp3) is 0.850. The van der Waals surface area contributed by atoms with Gasteiger partial charge >= 0.3 is 5.97 Å². The summed E-state index contributed by atoms with van der Waals surface area (Å²) in [6, 6.07) is 0. The molecule has 0 saturated carbocycles. The molecule has 2 fully saturated rings. The summed E-state index contributed by atoms with van der Waals surface area (Å²) < 4.78 is 17.3. The molecule has 24 heavy (non-hydrogen) atoms. The Hall–Kier alpha value is -0.870. The van der Waals surface area contributed by atoms with Crippen LogP contribution >= 0.6 is 0 Å². The SMILES string of the molecule is C=CCC[C@@H](CC1OC(=O)C1CCCCCC)OC1CCCCO1. The lowest BCUT2D eigenvalue weighted by Gasteiger charge is -2.38. The van der Waals surface area contributed by atoms with Crippen LogP contribution in [0.2, 0.25) is 0 Å². The number of hydrogen-bond donors (Lipinski definition) is 0. The summed E-state index contributed by atoms with van der Waals surface area (Å²) in [5.41, 5.74) is 0. The molecule has 4 atom stereocenters. The van der Waals surface area contributed by atoms with Crippen molar-refractivity contribution < 1.29 is 19.0 Å². The maximum atomic E-state index is 11.8. The second kappa shape index (κ2) is 10.9. The molecule has 0 aromatic rings. The first-order chi connectivity index (χ1) is 11.7. The van der Waals surface area contributed by atoms with Crippen molar-refractivity contribution in [2.75, 3.05) is 6.61 Å². The lowest BCUT2D eigenvalue weighted by atomic mass is 9.86. The molecule has 4 heteroatoms. The molecular formula is C20H34O4. The van der Waals surface area contributed by atoms with Gasteiger partial charge in [-0.15, -0.1) is 6.58 Å². The van der Waals surface area contributed by atoms with Crippen molar-refractivity contribution in [2.45, 2.75) is 96.1 Å². The Kier molecular flexibility index (Phi) is 8.82. The maximum Gasteiger partial charge on any atom is 0.313 e. The van der Waals surface area contributed by atoms with Gasteiger partial charge in [-0.05, 0) is 38.5 Å². The number of rotatable bonds is 12. The first-order valence-electron chi connectivity index (χ1n) is 9.83. The number of unbranched alkanes of at least 4 members (excludes halogenated alkanes) is 3. The fourth-order valence-corrected chi connectivity index (χ4v) is 3.54. The summed E-state index contributed by atoms with van der Waals surface area (Å²) >= 11 is 0. The highest BCUT2D eigenvalue weighted by molar-refractivity contribution is 5.78. The summed E-state index contributed by atoms with van der Waals surface area (Å²) in [6.45, 7) is 6.80. The van der Waals surface area contributed by atoms with Crippen LogP contribution in [0.5, 0.6) is 0 Å². The van der Waals surface area contributed by atoms with E-state index in [0.717, 1.165) is 58.0 Å². The number of hydrogen-bond acceptors (Lipinski definition) is 4. The third-order valence-electron chi connectivity index (χ3n) is 5.06. The van der Waals surface area contributed by atoms with Gasteiger partial charge in [0.2, 0.25) is 0 Å². The second-order valence-corrected chi connectivity index (χ2v) is 7.09. The first-order valence-corrected chi connectivity index (χ1v) is 9.83. The minimum Gasteiger partial charge on any atom is -0.461 e. The van der Waals surface area contributed by atoms with E-state index in [1.54, 1.807) is 0 Å². The van der Waals surface area contributed by atoms with Gasteiger partial charge in [-0.2, -0.15) is 0 Å². The lowest BCUT2D eigenvalue weighted by molar-refractivity contribution is -0.210. The standard InChI is InChI=1S/C20H34O4/c1-3-5-7-8-12-17-18(24-20(17)21)15-16(11-6-4-2)23-19-13-9-10-14-22-19/h4,16-19H,2-3,5-15H2,1H3/t16-,17?,18?,19?/m0/s1. The van der Waals surface area contributed by atoms with Crippen molar-refractivity contribution in [3.8, 4) is 0 Å². The Labute approximate surface area is 146 Å². The van der Waals surface area contributed by atoms with Crippen molar-refractivity contribution >= 4 is 5.97 Å². The van der Waals surface area contributed by atoms with Gasteiger partial charge < -0.3 is 14.2 Å². The molecule has 138 valence electrons. The zero-order valence-electron chi connectivity index (χ0n) is 15.2. The number of carbonyl (C=O) groups is 1. The number of carbonyl (C=O) groups excluding carboxylic acids is 1. The smallest absolute Gasteiger partial charge is 0.313 e. The Bertz CT molecular complexity index is 376. The van der Waals surface area contributed by atoms with E-state index < -0.39 is 0 Å². The third kappa shape index (κ3) is 6.21. The molecule has 4 nitrogen and oxygen atoms in total. The first kappa shape index (κ1) is 19.5. The Morgan fingerprint density at radius 2 is 2.21 bits per heavy atom. The molecule has 2 rings (SSSR count). The largest absolute Gasteiger partial charge is 0.461 e. The van der Waals surface area contributed by atoms with Crippen LogP contribution < -0.4 is 0 Å². The van der Waals surface area contributed by atoms with Crippen molar-refractivity contribution in [1.82, 2.24) is 0 Å². The lowest BCUT2D eigenvalue weighted by Crippen LogP contribution is -2.47. The average Bonchev–Trinajstić information content (AvgIpc) is 2.59. The van der Waals surface area contributed by atoms with Crippen molar-refractivity contribution in [3.05, 3.63) is 12.7 Å². The van der Waals surface area contributed by atoms with Crippen molar-refractivity contribution in [1.29, 1.82) is 0 Å². The number of cyclic esters (lactones) is 1. The van der Waals surface area contributed by atoms with Gasteiger partial charge in [0.15, 0.2) is 6.29 Å². The number of esters is 1. The van der Waals surface area contributed by atoms with E-state index in [1.807, 2.05) is 6.08 Å². The van der Waals surface area contributed by atoms with Crippen LogP contribution in [-0.4, -0.2) is 31.1 Å². The van der Waals surface area contributed by atoms with Crippen LogP contribution in [0.25, 0.3) is 0 Å². The van der Waals surface area contributed by atoms with Crippen LogP contribution in [0.4, 0.5) is 0 Å². The van der Waals surface area contributed by atoms with E-state index in [4.69, 9.17) is 14.2 Å². The Morgan fingerprint density at radius 1 is 1.33 bits per heavy atom. The van der Waals surface area contributed by atoms with Gasteiger partial charge in [0.25, 0.3) is 0 Å². The maximum absolute atomic E-state index is 11.8. The average molecular weight is 338 g/mol. The number of ether oxygens (including phenoxy) is 3. The molecule has 0 amide bonds. The zero-order valence-corrected chi connectivity index (χ0v) is 15.2. The van der Waals surface area contributed by atoms with Crippen molar-refractivity contribution in [2.24, 2.45) is 5.92 Å². The van der Waals surface area contributed by atoms with E-state index in [9.17, 15) is 4.79 Å². The van der Waals surface area contributed by atoms with Gasteiger partial charge in [-0.25, -0.2) is 0 Å². The molecule has 0 spiro atoms. The quantitative estimate of drug-likeness (QED) is 0.292. The molecule has 2 saturated heterocycles. The Balaban J connectivity index is 1.78. The van der Waals surface area contributed by atoms with Crippen LogP contribution in [-0.2, 0) is 19.0 Å². The van der Waals surface area contributed by atoms with E-state index in [-0.39, 0.29) is 30.4 Å². The molecular weight excluding hydrogens is 304 g/mol. The summed E-state index contributed by atoms with van der Waals surface area (Å²) in [6.07, 6.45) is 13.6. The summed E-state index contributed by atoms with van der Waals surface area (Å²) in [7, 11) is 0. The molecule has 2 heterocycles. The Morgan fingerprint density at radius 3 is 2.88 bits per heavy atom. The molecule has 0 radical (unpaired) electrons.